The fraction of sp³-hybridized carbons (Fsp3) is 0.348. The first-order valence-corrected chi connectivity index (χ1v) is 10.1. The Morgan fingerprint density at radius 1 is 1.10 bits per heavy atom. The Kier molecular flexibility index (Phi) is 5.60. The van der Waals surface area contributed by atoms with Crippen LogP contribution < -0.4 is 10.2 Å². The highest BCUT2D eigenvalue weighted by Gasteiger charge is 2.25. The maximum Gasteiger partial charge on any atom is 0.246 e. The Morgan fingerprint density at radius 2 is 1.86 bits per heavy atom. The molecular formula is C23H26N4O2. The molecule has 1 aromatic heterocycles. The van der Waals surface area contributed by atoms with Gasteiger partial charge < -0.3 is 14.7 Å². The smallest absolute Gasteiger partial charge is 0.246 e. The van der Waals surface area contributed by atoms with Gasteiger partial charge in [-0.3, -0.25) is 4.79 Å². The second kappa shape index (κ2) is 8.47. The second-order valence-corrected chi connectivity index (χ2v) is 7.70. The summed E-state index contributed by atoms with van der Waals surface area (Å²) in [6.07, 6.45) is 1.69. The number of nitrogens with one attached hydrogen (secondary N) is 1. The first-order chi connectivity index (χ1) is 14.1. The minimum Gasteiger partial charge on any atom is -0.371 e. The fourth-order valence-corrected chi connectivity index (χ4v) is 3.69. The summed E-state index contributed by atoms with van der Waals surface area (Å²) in [6, 6.07) is 16.5. The highest BCUT2D eigenvalue weighted by Crippen LogP contribution is 2.24. The first-order valence-electron chi connectivity index (χ1n) is 10.1. The number of anilines is 1. The molecule has 0 bridgehead atoms. The minimum atomic E-state index is 0.0239. The van der Waals surface area contributed by atoms with Gasteiger partial charge in [-0.2, -0.15) is 4.98 Å². The van der Waals surface area contributed by atoms with Gasteiger partial charge in [-0.1, -0.05) is 46.6 Å². The maximum absolute atomic E-state index is 12.6. The van der Waals surface area contributed by atoms with Gasteiger partial charge in [0.1, 0.15) is 0 Å². The fourth-order valence-electron chi connectivity index (χ4n) is 3.69. The molecule has 3 aromatic rings. The van der Waals surface area contributed by atoms with Gasteiger partial charge in [0, 0.05) is 30.3 Å². The van der Waals surface area contributed by atoms with E-state index in [1.165, 1.54) is 11.3 Å². The van der Waals surface area contributed by atoms with Gasteiger partial charge in [0.05, 0.1) is 6.54 Å². The van der Waals surface area contributed by atoms with Crippen LogP contribution >= 0.6 is 0 Å². The number of hydrogen-bond acceptors (Lipinski definition) is 5. The molecule has 1 aliphatic heterocycles. The lowest BCUT2D eigenvalue weighted by Gasteiger charge is -2.33. The summed E-state index contributed by atoms with van der Waals surface area (Å²) in [4.78, 5) is 19.3. The summed E-state index contributed by atoms with van der Waals surface area (Å²) in [6.45, 7) is 6.15. The molecule has 150 valence electrons. The van der Waals surface area contributed by atoms with E-state index in [9.17, 15) is 4.79 Å². The van der Waals surface area contributed by atoms with Crippen LogP contribution in [0.4, 0.5) is 5.69 Å². The molecule has 6 nitrogen and oxygen atoms in total. The van der Waals surface area contributed by atoms with Crippen molar-refractivity contribution in [3.8, 4) is 11.4 Å². The maximum atomic E-state index is 12.6. The van der Waals surface area contributed by atoms with E-state index in [2.05, 4.69) is 51.5 Å². The van der Waals surface area contributed by atoms with Crippen LogP contribution in [0.5, 0.6) is 0 Å². The monoisotopic (exact) mass is 390 g/mol. The molecule has 1 fully saturated rings. The third-order valence-electron chi connectivity index (χ3n) is 5.42. The zero-order chi connectivity index (χ0) is 20.2. The standard InChI is InChI=1S/C23H26N4O2/c1-16-6-8-20(9-7-16)27-12-10-18(11-13-27)23(28)24-15-21-25-22(26-29-21)19-5-3-4-17(2)14-19/h3-9,14,18H,10-13,15H2,1-2H3,(H,24,28). The second-order valence-electron chi connectivity index (χ2n) is 7.70. The Morgan fingerprint density at radius 3 is 2.59 bits per heavy atom. The van der Waals surface area contributed by atoms with Crippen molar-refractivity contribution in [2.24, 2.45) is 5.92 Å². The van der Waals surface area contributed by atoms with Crippen molar-refractivity contribution in [2.75, 3.05) is 18.0 Å². The number of nitrogens with zero attached hydrogens (tertiary/aromatic N) is 3. The van der Waals surface area contributed by atoms with E-state index in [1.807, 2.05) is 31.2 Å². The van der Waals surface area contributed by atoms with Gasteiger partial charge in [0.25, 0.3) is 0 Å². The number of benzene rings is 2. The number of hydrogen-bond donors (Lipinski definition) is 1. The Bertz CT molecular complexity index is 973. The van der Waals surface area contributed by atoms with Crippen LogP contribution in [0.1, 0.15) is 29.9 Å². The number of aryl methyl sites for hydroxylation is 2. The lowest BCUT2D eigenvalue weighted by atomic mass is 9.95. The molecule has 1 amide bonds. The van der Waals surface area contributed by atoms with Crippen molar-refractivity contribution in [2.45, 2.75) is 33.2 Å². The summed E-state index contributed by atoms with van der Waals surface area (Å²) in [7, 11) is 0. The Labute approximate surface area is 170 Å². The third kappa shape index (κ3) is 4.65. The molecule has 0 aliphatic carbocycles. The van der Waals surface area contributed by atoms with Crippen LogP contribution in [0.3, 0.4) is 0 Å². The van der Waals surface area contributed by atoms with Crippen molar-refractivity contribution >= 4 is 11.6 Å². The molecular weight excluding hydrogens is 364 g/mol. The van der Waals surface area contributed by atoms with E-state index in [0.717, 1.165) is 37.1 Å². The summed E-state index contributed by atoms with van der Waals surface area (Å²) >= 11 is 0. The van der Waals surface area contributed by atoms with Crippen LogP contribution in [0, 0.1) is 19.8 Å². The predicted molar refractivity (Wildman–Crippen MR) is 112 cm³/mol. The molecule has 0 spiro atoms. The minimum absolute atomic E-state index is 0.0239. The summed E-state index contributed by atoms with van der Waals surface area (Å²) in [5, 5.41) is 6.98. The molecule has 0 saturated carbocycles. The molecule has 1 aliphatic rings. The molecule has 4 rings (SSSR count). The van der Waals surface area contributed by atoms with Crippen molar-refractivity contribution in [1.29, 1.82) is 0 Å². The van der Waals surface area contributed by atoms with Crippen molar-refractivity contribution < 1.29 is 9.32 Å². The molecule has 0 radical (unpaired) electrons. The van der Waals surface area contributed by atoms with Gasteiger partial charge in [0.2, 0.25) is 17.6 Å². The number of rotatable bonds is 5. The Balaban J connectivity index is 1.28. The van der Waals surface area contributed by atoms with Gasteiger partial charge in [-0.15, -0.1) is 0 Å². The van der Waals surface area contributed by atoms with Gasteiger partial charge in [0.15, 0.2) is 0 Å². The van der Waals surface area contributed by atoms with Crippen molar-refractivity contribution in [1.82, 2.24) is 15.5 Å². The molecule has 0 unspecified atom stereocenters. The molecule has 1 saturated heterocycles. The molecule has 0 atom stereocenters. The number of aromatic nitrogens is 2. The summed E-state index contributed by atoms with van der Waals surface area (Å²) < 4.78 is 5.30. The Hall–Kier alpha value is -3.15. The first kappa shape index (κ1) is 19.2. The molecule has 6 heteroatoms. The normalized spacial score (nSPS) is 14.8. The summed E-state index contributed by atoms with van der Waals surface area (Å²) in [5.74, 6) is 1.05. The average Bonchev–Trinajstić information content (AvgIpc) is 3.22. The van der Waals surface area contributed by atoms with Gasteiger partial charge in [-0.05, 0) is 44.9 Å². The zero-order valence-corrected chi connectivity index (χ0v) is 16.9. The van der Waals surface area contributed by atoms with Crippen LogP contribution in [0.2, 0.25) is 0 Å². The average molecular weight is 390 g/mol. The topological polar surface area (TPSA) is 71.3 Å². The molecule has 29 heavy (non-hydrogen) atoms. The zero-order valence-electron chi connectivity index (χ0n) is 16.9. The van der Waals surface area contributed by atoms with Crippen molar-refractivity contribution in [3.63, 3.8) is 0 Å². The van der Waals surface area contributed by atoms with Crippen LogP contribution in [-0.4, -0.2) is 29.1 Å². The number of carbonyl (C=O) groups excluding carboxylic acids is 1. The highest BCUT2D eigenvalue weighted by atomic mass is 16.5. The molecule has 2 aromatic carbocycles. The third-order valence-corrected chi connectivity index (χ3v) is 5.42. The van der Waals surface area contributed by atoms with E-state index in [1.54, 1.807) is 0 Å². The van der Waals surface area contributed by atoms with Crippen LogP contribution in [0.15, 0.2) is 53.1 Å². The quantitative estimate of drug-likeness (QED) is 0.716. The van der Waals surface area contributed by atoms with Crippen LogP contribution in [0.25, 0.3) is 11.4 Å². The van der Waals surface area contributed by atoms with E-state index in [4.69, 9.17) is 4.52 Å². The number of piperidine rings is 1. The SMILES string of the molecule is Cc1ccc(N2CCC(C(=O)NCc3nc(-c4cccc(C)c4)no3)CC2)cc1. The van der Waals surface area contributed by atoms with E-state index < -0.39 is 0 Å². The van der Waals surface area contributed by atoms with Gasteiger partial charge in [-0.25, -0.2) is 0 Å². The van der Waals surface area contributed by atoms with Crippen LogP contribution in [-0.2, 0) is 11.3 Å². The largest absolute Gasteiger partial charge is 0.371 e. The van der Waals surface area contributed by atoms with E-state index >= 15 is 0 Å². The predicted octanol–water partition coefficient (Wildman–Crippen LogP) is 3.89. The van der Waals surface area contributed by atoms with Crippen molar-refractivity contribution in [3.05, 3.63) is 65.5 Å². The molecule has 2 heterocycles. The van der Waals surface area contributed by atoms with E-state index in [-0.39, 0.29) is 18.4 Å². The molecule has 1 N–H and O–H groups in total. The number of carbonyl (C=O) groups is 1. The number of amides is 1. The lowest BCUT2D eigenvalue weighted by Crippen LogP contribution is -2.40. The van der Waals surface area contributed by atoms with E-state index in [0.29, 0.717) is 11.7 Å². The highest BCUT2D eigenvalue weighted by molar-refractivity contribution is 5.78. The van der Waals surface area contributed by atoms with Gasteiger partial charge >= 0.3 is 0 Å². The summed E-state index contributed by atoms with van der Waals surface area (Å²) in [5.41, 5.74) is 4.53. The lowest BCUT2D eigenvalue weighted by molar-refractivity contribution is -0.125.